The summed E-state index contributed by atoms with van der Waals surface area (Å²) in [5.74, 6) is -2.19. The highest BCUT2D eigenvalue weighted by atomic mass is 16.5. The number of carboxylic acid groups (broad SMARTS) is 1. The van der Waals surface area contributed by atoms with Crippen molar-refractivity contribution < 1.29 is 24.4 Å². The first-order valence-corrected chi connectivity index (χ1v) is 7.78. The van der Waals surface area contributed by atoms with Gasteiger partial charge in [-0.15, -0.1) is 0 Å². The topological polar surface area (TPSA) is 122 Å². The Hall–Kier alpha value is -2.84. The number of nitrogens with one attached hydrogen (secondary N) is 1. The van der Waals surface area contributed by atoms with Crippen LogP contribution < -0.4 is 15.7 Å². The quantitative estimate of drug-likeness (QED) is 0.602. The Kier molecular flexibility index (Phi) is 4.73. The Morgan fingerprint density at radius 1 is 1.20 bits per heavy atom. The third-order valence-corrected chi connectivity index (χ3v) is 4.12. The smallest absolute Gasteiger partial charge is 0.534 e. The number of carbonyl (C=O) groups excluding carboxylic acids is 1. The number of para-hydroxylation sites is 1. The second-order valence-electron chi connectivity index (χ2n) is 5.81. The summed E-state index contributed by atoms with van der Waals surface area (Å²) in [4.78, 5) is 23.6. The maximum Gasteiger partial charge on any atom is 0.547 e. The van der Waals surface area contributed by atoms with Crippen LogP contribution in [0, 0.1) is 0 Å². The first-order valence-electron chi connectivity index (χ1n) is 7.78. The van der Waals surface area contributed by atoms with E-state index in [-0.39, 0.29) is 17.7 Å². The van der Waals surface area contributed by atoms with Crippen LogP contribution in [0.5, 0.6) is 5.75 Å². The molecule has 0 radical (unpaired) electrons. The number of amides is 1. The Morgan fingerprint density at radius 3 is 2.60 bits per heavy atom. The number of fused-ring (bicyclic) bond motifs is 1. The average Bonchev–Trinajstić information content (AvgIpc) is 2.61. The lowest BCUT2D eigenvalue weighted by Crippen LogP contribution is -2.54. The molecule has 0 aromatic heterocycles. The second-order valence-corrected chi connectivity index (χ2v) is 5.81. The average molecular weight is 340 g/mol. The Balaban J connectivity index is 1.75. The summed E-state index contributed by atoms with van der Waals surface area (Å²) >= 11 is 0. The van der Waals surface area contributed by atoms with E-state index < -0.39 is 31.0 Å². The number of carboxylic acids is 1. The van der Waals surface area contributed by atoms with Crippen molar-refractivity contribution in [2.45, 2.75) is 18.4 Å². The fraction of sp³-hybridized carbons (Fsp3) is 0.176. The van der Waals surface area contributed by atoms with E-state index in [4.69, 9.17) is 10.4 Å². The predicted molar refractivity (Wildman–Crippen MR) is 91.0 cm³/mol. The lowest BCUT2D eigenvalue weighted by molar-refractivity contribution is -0.122. The summed E-state index contributed by atoms with van der Waals surface area (Å²) in [5.41, 5.74) is 7.18. The molecule has 1 aliphatic rings. The molecule has 25 heavy (non-hydrogen) atoms. The third-order valence-electron chi connectivity index (χ3n) is 4.12. The number of rotatable bonds is 4. The lowest BCUT2D eigenvalue weighted by atomic mass is 9.72. The fourth-order valence-electron chi connectivity index (χ4n) is 2.80. The normalized spacial score (nSPS) is 17.2. The van der Waals surface area contributed by atoms with E-state index in [1.165, 1.54) is 6.07 Å². The molecule has 1 amide bonds. The number of hydrogen-bond acceptors (Lipinski definition) is 5. The number of aromatic carboxylic acids is 1. The minimum absolute atomic E-state index is 0.0256. The van der Waals surface area contributed by atoms with Crippen molar-refractivity contribution in [3.8, 4) is 5.75 Å². The van der Waals surface area contributed by atoms with Crippen LogP contribution in [0.3, 0.4) is 0 Å². The standard InChI is InChI=1S/C17H17BN2O5/c19-14(10-5-2-1-3-6-10)16(21)20-13-9-11-7-4-8-12(17(22)23)15(11)25-18(13)24/h1-8,13-14,24H,9,19H2,(H,20,21)(H,22,23)/t13-,14-/m0/s1. The van der Waals surface area contributed by atoms with E-state index in [2.05, 4.69) is 5.32 Å². The molecule has 2 aromatic carbocycles. The number of hydrogen-bond donors (Lipinski definition) is 4. The van der Waals surface area contributed by atoms with E-state index in [1.54, 1.807) is 36.4 Å². The number of benzene rings is 2. The summed E-state index contributed by atoms with van der Waals surface area (Å²) < 4.78 is 5.34. The Morgan fingerprint density at radius 2 is 1.92 bits per heavy atom. The summed E-state index contributed by atoms with van der Waals surface area (Å²) in [6, 6.07) is 12.7. The SMILES string of the molecule is N[C@H](C(=O)N[C@H]1Cc2cccc(C(=O)O)c2OB1O)c1ccccc1. The first kappa shape index (κ1) is 17.0. The summed E-state index contributed by atoms with van der Waals surface area (Å²) in [6.45, 7) is 0. The van der Waals surface area contributed by atoms with Crippen LogP contribution in [0.1, 0.15) is 27.5 Å². The zero-order chi connectivity index (χ0) is 18.0. The van der Waals surface area contributed by atoms with Crippen molar-refractivity contribution in [1.29, 1.82) is 0 Å². The van der Waals surface area contributed by atoms with Gasteiger partial charge in [0.1, 0.15) is 11.8 Å². The van der Waals surface area contributed by atoms with Gasteiger partial charge in [0.2, 0.25) is 5.91 Å². The van der Waals surface area contributed by atoms with Crippen molar-refractivity contribution >= 4 is 19.0 Å². The van der Waals surface area contributed by atoms with Crippen molar-refractivity contribution in [2.75, 3.05) is 0 Å². The molecule has 3 rings (SSSR count). The van der Waals surface area contributed by atoms with Crippen molar-refractivity contribution in [2.24, 2.45) is 5.73 Å². The molecule has 0 aliphatic carbocycles. The van der Waals surface area contributed by atoms with Crippen LogP contribution in [-0.2, 0) is 11.2 Å². The van der Waals surface area contributed by atoms with Gasteiger partial charge in [0.15, 0.2) is 0 Å². The largest absolute Gasteiger partial charge is 0.547 e. The predicted octanol–water partition coefficient (Wildman–Crippen LogP) is 0.524. The minimum Gasteiger partial charge on any atom is -0.534 e. The number of nitrogens with two attached hydrogens (primary N) is 1. The summed E-state index contributed by atoms with van der Waals surface area (Å²) in [6.07, 6.45) is 0.241. The van der Waals surface area contributed by atoms with Crippen LogP contribution in [0.4, 0.5) is 0 Å². The minimum atomic E-state index is -1.36. The molecule has 0 saturated carbocycles. The molecule has 0 spiro atoms. The molecule has 0 unspecified atom stereocenters. The zero-order valence-corrected chi connectivity index (χ0v) is 13.3. The highest BCUT2D eigenvalue weighted by molar-refractivity contribution is 6.47. The van der Waals surface area contributed by atoms with Crippen LogP contribution >= 0.6 is 0 Å². The highest BCUT2D eigenvalue weighted by Gasteiger charge is 2.38. The van der Waals surface area contributed by atoms with Crippen molar-refractivity contribution in [3.05, 3.63) is 65.2 Å². The van der Waals surface area contributed by atoms with Gasteiger partial charge in [0.25, 0.3) is 0 Å². The molecule has 2 aromatic rings. The van der Waals surface area contributed by atoms with Gasteiger partial charge in [-0.25, -0.2) is 4.79 Å². The van der Waals surface area contributed by atoms with E-state index in [0.717, 1.165) is 0 Å². The van der Waals surface area contributed by atoms with Crippen molar-refractivity contribution in [1.82, 2.24) is 5.32 Å². The van der Waals surface area contributed by atoms with Gasteiger partial charge in [0, 0.05) is 0 Å². The molecule has 5 N–H and O–H groups in total. The van der Waals surface area contributed by atoms with E-state index in [9.17, 15) is 19.7 Å². The third kappa shape index (κ3) is 3.49. The van der Waals surface area contributed by atoms with Gasteiger partial charge in [-0.1, -0.05) is 42.5 Å². The molecule has 0 saturated heterocycles. The van der Waals surface area contributed by atoms with Gasteiger partial charge in [-0.2, -0.15) is 0 Å². The van der Waals surface area contributed by atoms with Gasteiger partial charge in [-0.05, 0) is 23.6 Å². The van der Waals surface area contributed by atoms with Gasteiger partial charge in [0.05, 0.1) is 11.5 Å². The van der Waals surface area contributed by atoms with Crippen LogP contribution in [0.25, 0.3) is 0 Å². The van der Waals surface area contributed by atoms with E-state index >= 15 is 0 Å². The molecule has 2 atom stereocenters. The van der Waals surface area contributed by atoms with Crippen molar-refractivity contribution in [3.63, 3.8) is 0 Å². The van der Waals surface area contributed by atoms with Crippen LogP contribution in [-0.4, -0.2) is 35.1 Å². The molecular formula is C17H17BN2O5. The first-order chi connectivity index (χ1) is 12.0. The lowest BCUT2D eigenvalue weighted by Gasteiger charge is -2.29. The van der Waals surface area contributed by atoms with Crippen LogP contribution in [0.2, 0.25) is 0 Å². The molecular weight excluding hydrogens is 323 g/mol. The highest BCUT2D eigenvalue weighted by Crippen LogP contribution is 2.30. The maximum absolute atomic E-state index is 12.3. The molecule has 7 nitrogen and oxygen atoms in total. The molecule has 0 fully saturated rings. The van der Waals surface area contributed by atoms with Crippen LogP contribution in [0.15, 0.2) is 48.5 Å². The van der Waals surface area contributed by atoms with E-state index in [0.29, 0.717) is 11.1 Å². The molecule has 1 heterocycles. The molecule has 8 heteroatoms. The van der Waals surface area contributed by atoms with Gasteiger partial charge in [-0.3, -0.25) is 4.79 Å². The maximum atomic E-state index is 12.3. The summed E-state index contributed by atoms with van der Waals surface area (Å²) in [7, 11) is -1.36. The molecule has 128 valence electrons. The monoisotopic (exact) mass is 340 g/mol. The van der Waals surface area contributed by atoms with E-state index in [1.807, 2.05) is 6.07 Å². The van der Waals surface area contributed by atoms with Gasteiger partial charge >= 0.3 is 13.1 Å². The molecule has 0 bridgehead atoms. The number of carbonyl (C=O) groups is 2. The summed E-state index contributed by atoms with van der Waals surface area (Å²) in [5, 5.41) is 22.0. The zero-order valence-electron chi connectivity index (χ0n) is 13.3. The Labute approximate surface area is 144 Å². The fourth-order valence-corrected chi connectivity index (χ4v) is 2.80. The van der Waals surface area contributed by atoms with Gasteiger partial charge < -0.3 is 25.8 Å². The second kappa shape index (κ2) is 6.96. The Bertz CT molecular complexity index is 799. The molecule has 1 aliphatic heterocycles.